The molecule has 1 heterocycles. The third-order valence-electron chi connectivity index (χ3n) is 1.10. The fourth-order valence-corrected chi connectivity index (χ4v) is 0.616. The second-order valence-electron chi connectivity index (χ2n) is 1.94. The first-order chi connectivity index (χ1) is 5.77. The summed E-state index contributed by atoms with van der Waals surface area (Å²) in [6.45, 7) is 2.10. The summed E-state index contributed by atoms with van der Waals surface area (Å²) < 4.78 is 9.22. The number of ether oxygens (including phenoxy) is 1. The maximum Gasteiger partial charge on any atom is 0.379 e. The zero-order chi connectivity index (χ0) is 8.97. The first-order valence-corrected chi connectivity index (χ1v) is 3.47. The van der Waals surface area contributed by atoms with Crippen molar-refractivity contribution in [1.82, 2.24) is 10.1 Å². The molecule has 0 spiro atoms. The van der Waals surface area contributed by atoms with E-state index in [9.17, 15) is 4.79 Å². The standard InChI is InChI=1S/C6H9N3O3/c1-2-11-6(10)5-8-4(3-7)12-9-5/h2-3,7H2,1H3. The molecular weight excluding hydrogens is 162 g/mol. The van der Waals surface area contributed by atoms with E-state index >= 15 is 0 Å². The minimum absolute atomic E-state index is 0.0858. The zero-order valence-corrected chi connectivity index (χ0v) is 6.61. The largest absolute Gasteiger partial charge is 0.460 e. The van der Waals surface area contributed by atoms with Crippen LogP contribution in [-0.4, -0.2) is 22.7 Å². The molecule has 0 aliphatic heterocycles. The Morgan fingerprint density at radius 2 is 2.50 bits per heavy atom. The molecule has 1 rings (SSSR count). The monoisotopic (exact) mass is 171 g/mol. The summed E-state index contributed by atoms with van der Waals surface area (Å²) in [5.41, 5.74) is 5.19. The van der Waals surface area contributed by atoms with Crippen LogP contribution in [0, 0.1) is 0 Å². The third kappa shape index (κ3) is 1.79. The van der Waals surface area contributed by atoms with Gasteiger partial charge in [0.15, 0.2) is 0 Å². The molecule has 0 fully saturated rings. The van der Waals surface area contributed by atoms with Crippen LogP contribution < -0.4 is 5.73 Å². The topological polar surface area (TPSA) is 91.2 Å². The lowest BCUT2D eigenvalue weighted by Gasteiger charge is -1.93. The van der Waals surface area contributed by atoms with Crippen LogP contribution in [-0.2, 0) is 11.3 Å². The predicted molar refractivity (Wildman–Crippen MR) is 38.1 cm³/mol. The van der Waals surface area contributed by atoms with Crippen molar-refractivity contribution in [2.45, 2.75) is 13.5 Å². The van der Waals surface area contributed by atoms with Crippen molar-refractivity contribution in [3.63, 3.8) is 0 Å². The van der Waals surface area contributed by atoms with E-state index in [-0.39, 0.29) is 24.9 Å². The normalized spacial score (nSPS) is 9.83. The number of aromatic nitrogens is 2. The highest BCUT2D eigenvalue weighted by Gasteiger charge is 2.14. The molecule has 2 N–H and O–H groups in total. The Kier molecular flexibility index (Phi) is 2.76. The van der Waals surface area contributed by atoms with Gasteiger partial charge < -0.3 is 15.0 Å². The van der Waals surface area contributed by atoms with Crippen molar-refractivity contribution in [3.8, 4) is 0 Å². The molecule has 0 radical (unpaired) electrons. The Hall–Kier alpha value is -1.43. The highest BCUT2D eigenvalue weighted by Crippen LogP contribution is 1.97. The number of esters is 1. The second kappa shape index (κ2) is 3.82. The Balaban J connectivity index is 2.68. The summed E-state index contributed by atoms with van der Waals surface area (Å²) in [5, 5.41) is 3.36. The van der Waals surface area contributed by atoms with Crippen LogP contribution in [0.2, 0.25) is 0 Å². The Labute approximate surface area is 68.7 Å². The molecule has 12 heavy (non-hydrogen) atoms. The highest BCUT2D eigenvalue weighted by molar-refractivity contribution is 5.84. The number of hydrogen-bond donors (Lipinski definition) is 1. The van der Waals surface area contributed by atoms with E-state index in [2.05, 4.69) is 19.4 Å². The summed E-state index contributed by atoms with van der Waals surface area (Å²) in [7, 11) is 0. The van der Waals surface area contributed by atoms with Crippen LogP contribution in [0.15, 0.2) is 4.52 Å². The first-order valence-electron chi connectivity index (χ1n) is 3.47. The minimum atomic E-state index is -0.596. The lowest BCUT2D eigenvalue weighted by atomic mass is 10.6. The molecule has 1 aromatic rings. The van der Waals surface area contributed by atoms with E-state index in [1.807, 2.05) is 0 Å². The molecule has 66 valence electrons. The fraction of sp³-hybridized carbons (Fsp3) is 0.500. The van der Waals surface area contributed by atoms with E-state index in [4.69, 9.17) is 5.73 Å². The highest BCUT2D eigenvalue weighted by atomic mass is 16.5. The van der Waals surface area contributed by atoms with Gasteiger partial charge in [-0.2, -0.15) is 4.98 Å². The molecular formula is C6H9N3O3. The number of carbonyl (C=O) groups excluding carboxylic acids is 1. The molecule has 0 bridgehead atoms. The molecule has 0 saturated carbocycles. The number of rotatable bonds is 3. The van der Waals surface area contributed by atoms with Gasteiger partial charge >= 0.3 is 5.97 Å². The van der Waals surface area contributed by atoms with Crippen LogP contribution >= 0.6 is 0 Å². The van der Waals surface area contributed by atoms with Gasteiger partial charge in [-0.25, -0.2) is 4.79 Å². The van der Waals surface area contributed by atoms with E-state index in [0.29, 0.717) is 0 Å². The smallest absolute Gasteiger partial charge is 0.379 e. The van der Waals surface area contributed by atoms with Gasteiger partial charge in [0.2, 0.25) is 5.89 Å². The quantitative estimate of drug-likeness (QED) is 0.628. The minimum Gasteiger partial charge on any atom is -0.460 e. The van der Waals surface area contributed by atoms with Crippen molar-refractivity contribution in [2.75, 3.05) is 6.61 Å². The Morgan fingerprint density at radius 1 is 1.75 bits per heavy atom. The molecule has 6 nitrogen and oxygen atoms in total. The van der Waals surface area contributed by atoms with E-state index in [1.54, 1.807) is 6.92 Å². The molecule has 0 aliphatic rings. The van der Waals surface area contributed by atoms with Crippen LogP contribution in [0.1, 0.15) is 23.4 Å². The van der Waals surface area contributed by atoms with Gasteiger partial charge in [-0.1, -0.05) is 0 Å². The average molecular weight is 171 g/mol. The molecule has 0 aliphatic carbocycles. The zero-order valence-electron chi connectivity index (χ0n) is 6.61. The van der Waals surface area contributed by atoms with Crippen LogP contribution in [0.5, 0.6) is 0 Å². The van der Waals surface area contributed by atoms with Gasteiger partial charge in [0.05, 0.1) is 13.2 Å². The van der Waals surface area contributed by atoms with Crippen molar-refractivity contribution in [3.05, 3.63) is 11.7 Å². The summed E-state index contributed by atoms with van der Waals surface area (Å²) in [5.74, 6) is -0.462. The predicted octanol–water partition coefficient (Wildman–Crippen LogP) is -0.295. The van der Waals surface area contributed by atoms with Gasteiger partial charge in [0, 0.05) is 0 Å². The van der Waals surface area contributed by atoms with Crippen LogP contribution in [0.3, 0.4) is 0 Å². The summed E-state index contributed by atoms with van der Waals surface area (Å²) in [4.78, 5) is 14.6. The van der Waals surface area contributed by atoms with E-state index in [1.165, 1.54) is 0 Å². The molecule has 6 heteroatoms. The molecule has 1 aromatic heterocycles. The summed E-state index contributed by atoms with van der Waals surface area (Å²) >= 11 is 0. The van der Waals surface area contributed by atoms with Crippen LogP contribution in [0.25, 0.3) is 0 Å². The molecule has 0 aromatic carbocycles. The van der Waals surface area contributed by atoms with Crippen molar-refractivity contribution < 1.29 is 14.1 Å². The lowest BCUT2D eigenvalue weighted by Crippen LogP contribution is -2.07. The second-order valence-corrected chi connectivity index (χ2v) is 1.94. The SMILES string of the molecule is CCOC(=O)c1noc(CN)n1. The maximum atomic E-state index is 10.9. The maximum absolute atomic E-state index is 10.9. The Bertz CT molecular complexity index is 271. The lowest BCUT2D eigenvalue weighted by molar-refractivity contribution is 0.0508. The Morgan fingerprint density at radius 3 is 3.00 bits per heavy atom. The molecule has 0 atom stereocenters. The number of nitrogens with zero attached hydrogens (tertiary/aromatic N) is 2. The van der Waals surface area contributed by atoms with E-state index < -0.39 is 5.97 Å². The van der Waals surface area contributed by atoms with Crippen LogP contribution in [0.4, 0.5) is 0 Å². The van der Waals surface area contributed by atoms with Gasteiger partial charge in [-0.05, 0) is 12.1 Å². The number of hydrogen-bond acceptors (Lipinski definition) is 6. The van der Waals surface area contributed by atoms with Gasteiger partial charge in [0.1, 0.15) is 0 Å². The number of nitrogens with two attached hydrogens (primary N) is 1. The van der Waals surface area contributed by atoms with Crippen molar-refractivity contribution in [2.24, 2.45) is 5.73 Å². The number of carbonyl (C=O) groups is 1. The van der Waals surface area contributed by atoms with Gasteiger partial charge in [-0.3, -0.25) is 0 Å². The molecule has 0 unspecified atom stereocenters. The van der Waals surface area contributed by atoms with E-state index in [0.717, 1.165) is 0 Å². The summed E-state index contributed by atoms with van der Waals surface area (Å²) in [6, 6.07) is 0. The van der Waals surface area contributed by atoms with Crippen molar-refractivity contribution >= 4 is 5.97 Å². The molecule has 0 saturated heterocycles. The van der Waals surface area contributed by atoms with Gasteiger partial charge in [-0.15, -0.1) is 0 Å². The first kappa shape index (κ1) is 8.66. The average Bonchev–Trinajstić information content (AvgIpc) is 2.52. The fourth-order valence-electron chi connectivity index (χ4n) is 0.616. The van der Waals surface area contributed by atoms with Gasteiger partial charge in [0.25, 0.3) is 5.82 Å². The summed E-state index contributed by atoms with van der Waals surface area (Å²) in [6.07, 6.45) is 0. The van der Waals surface area contributed by atoms with Crippen molar-refractivity contribution in [1.29, 1.82) is 0 Å². The molecule has 0 amide bonds. The third-order valence-corrected chi connectivity index (χ3v) is 1.10.